The molecule has 3 aliphatic rings. The summed E-state index contributed by atoms with van der Waals surface area (Å²) in [6.07, 6.45) is 2.18. The van der Waals surface area contributed by atoms with Gasteiger partial charge in [0.15, 0.2) is 18.1 Å². The van der Waals surface area contributed by atoms with Crippen molar-refractivity contribution in [3.8, 4) is 0 Å². The third kappa shape index (κ3) is 3.98. The van der Waals surface area contributed by atoms with E-state index in [2.05, 4.69) is 9.71 Å². The number of carbonyl (C=O) groups excluding carboxylic acids is 3. The molecular weight excluding hydrogens is 456 g/mol. The zero-order valence-corrected chi connectivity index (χ0v) is 18.0. The summed E-state index contributed by atoms with van der Waals surface area (Å²) in [5.74, 6) is 0.0187. The number of hydrogen-bond donors (Lipinski definition) is 1. The molecule has 1 fully saturated rings. The lowest BCUT2D eigenvalue weighted by Crippen LogP contribution is -2.69. The zero-order valence-electron chi connectivity index (χ0n) is 15.6. The summed E-state index contributed by atoms with van der Waals surface area (Å²) in [6, 6.07) is -0.680. The molecule has 4 heterocycles. The first-order valence-corrected chi connectivity index (χ1v) is 11.6. The number of amides is 2. The first-order chi connectivity index (χ1) is 14.5. The highest BCUT2D eigenvalue weighted by molar-refractivity contribution is 8.02. The summed E-state index contributed by atoms with van der Waals surface area (Å²) in [5.41, 5.74) is 0.896. The Bertz CT molecular complexity index is 988. The largest absolute Gasteiger partial charge is 0.519 e. The molecule has 2 amide bonds. The van der Waals surface area contributed by atoms with E-state index in [-0.39, 0.29) is 35.1 Å². The van der Waals surface area contributed by atoms with Crippen LogP contribution in [0.1, 0.15) is 11.5 Å². The quantitative estimate of drug-likeness (QED) is 0.245. The van der Waals surface area contributed by atoms with Crippen molar-refractivity contribution in [2.75, 3.05) is 17.4 Å². The van der Waals surface area contributed by atoms with Crippen molar-refractivity contribution in [2.24, 2.45) is 4.40 Å². The minimum atomic E-state index is -0.880. The topological polar surface area (TPSA) is 135 Å². The second-order valence-corrected chi connectivity index (χ2v) is 9.15. The highest BCUT2D eigenvalue weighted by atomic mass is 32.2. The van der Waals surface area contributed by atoms with Gasteiger partial charge in [0, 0.05) is 11.5 Å². The fourth-order valence-corrected chi connectivity index (χ4v) is 6.11. The maximum Gasteiger partial charge on any atom is 0.519 e. The smallest absolute Gasteiger partial charge is 0.453 e. The van der Waals surface area contributed by atoms with Gasteiger partial charge in [0.25, 0.3) is 5.91 Å². The van der Waals surface area contributed by atoms with Crippen molar-refractivity contribution in [2.45, 2.75) is 24.9 Å². The van der Waals surface area contributed by atoms with Crippen molar-refractivity contribution in [3.63, 3.8) is 0 Å². The van der Waals surface area contributed by atoms with Crippen LogP contribution in [-0.2, 0) is 25.7 Å². The molecule has 11 nitrogen and oxygen atoms in total. The summed E-state index contributed by atoms with van der Waals surface area (Å²) in [4.78, 5) is 48.8. The number of fused-ring (bicyclic) bond motifs is 1. The van der Waals surface area contributed by atoms with E-state index in [0.29, 0.717) is 23.8 Å². The van der Waals surface area contributed by atoms with E-state index in [1.54, 1.807) is 6.34 Å². The lowest BCUT2D eigenvalue weighted by molar-refractivity contribution is -0.153. The SMILES string of the molecule is Cc1oc(=O)oc1COC(=O)C1=C(CSN2C=NSC2)CS[C@H]2C(NC=O)C(=O)N12. The molecule has 1 aromatic rings. The van der Waals surface area contributed by atoms with Crippen LogP contribution in [0.4, 0.5) is 0 Å². The molecule has 3 aliphatic heterocycles. The highest BCUT2D eigenvalue weighted by Gasteiger charge is 2.53. The van der Waals surface area contributed by atoms with Gasteiger partial charge < -0.3 is 18.9 Å². The Morgan fingerprint density at radius 3 is 2.97 bits per heavy atom. The van der Waals surface area contributed by atoms with Crippen LogP contribution in [0.25, 0.3) is 0 Å². The number of esters is 1. The summed E-state index contributed by atoms with van der Waals surface area (Å²) in [6.45, 7) is 1.22. The second-order valence-electron chi connectivity index (χ2n) is 6.30. The monoisotopic (exact) mass is 472 g/mol. The van der Waals surface area contributed by atoms with Crippen LogP contribution in [0.15, 0.2) is 29.3 Å². The highest BCUT2D eigenvalue weighted by Crippen LogP contribution is 2.41. The minimum Gasteiger partial charge on any atom is -0.453 e. The maximum atomic E-state index is 12.9. The Balaban J connectivity index is 1.53. The molecule has 1 N–H and O–H groups in total. The molecule has 4 rings (SSSR count). The molecule has 1 aromatic heterocycles. The van der Waals surface area contributed by atoms with Crippen molar-refractivity contribution in [1.29, 1.82) is 0 Å². The van der Waals surface area contributed by atoms with Crippen LogP contribution in [0.2, 0.25) is 0 Å². The van der Waals surface area contributed by atoms with E-state index in [9.17, 15) is 19.2 Å². The molecular formula is C16H16N4O7S3. The van der Waals surface area contributed by atoms with E-state index in [1.807, 2.05) is 4.31 Å². The van der Waals surface area contributed by atoms with Crippen LogP contribution < -0.4 is 11.1 Å². The van der Waals surface area contributed by atoms with Crippen LogP contribution >= 0.6 is 35.7 Å². The van der Waals surface area contributed by atoms with Gasteiger partial charge in [-0.1, -0.05) is 0 Å². The summed E-state index contributed by atoms with van der Waals surface area (Å²) in [7, 11) is 0. The molecule has 0 aliphatic carbocycles. The summed E-state index contributed by atoms with van der Waals surface area (Å²) < 4.78 is 20.9. The van der Waals surface area contributed by atoms with E-state index in [4.69, 9.17) is 13.6 Å². The molecule has 160 valence electrons. The summed E-state index contributed by atoms with van der Waals surface area (Å²) in [5, 5.41) is 2.11. The van der Waals surface area contributed by atoms with E-state index in [1.165, 1.54) is 47.5 Å². The average molecular weight is 473 g/mol. The molecule has 0 aromatic carbocycles. The van der Waals surface area contributed by atoms with Crippen molar-refractivity contribution in [1.82, 2.24) is 14.5 Å². The average Bonchev–Trinajstić information content (AvgIpc) is 3.36. The predicted octanol–water partition coefficient (Wildman–Crippen LogP) is 0.466. The normalized spacial score (nSPS) is 22.8. The number of aryl methyl sites for hydroxylation is 1. The third-order valence-corrected chi connectivity index (χ3v) is 7.67. The van der Waals surface area contributed by atoms with Crippen molar-refractivity contribution >= 4 is 60.3 Å². The number of thioether (sulfide) groups is 1. The molecule has 0 radical (unpaired) electrons. The molecule has 0 bridgehead atoms. The van der Waals surface area contributed by atoms with E-state index in [0.717, 1.165) is 5.57 Å². The number of nitrogens with one attached hydrogen (secondary N) is 1. The Labute approximate surface area is 182 Å². The van der Waals surface area contributed by atoms with Gasteiger partial charge in [-0.25, -0.2) is 14.0 Å². The molecule has 2 atom stereocenters. The van der Waals surface area contributed by atoms with Crippen LogP contribution in [-0.4, -0.2) is 62.6 Å². The lowest BCUT2D eigenvalue weighted by atomic mass is 10.0. The maximum absolute atomic E-state index is 12.9. The first-order valence-electron chi connectivity index (χ1n) is 8.67. The van der Waals surface area contributed by atoms with E-state index < -0.39 is 17.8 Å². The van der Waals surface area contributed by atoms with Crippen molar-refractivity contribution < 1.29 is 28.0 Å². The molecule has 1 saturated heterocycles. The van der Waals surface area contributed by atoms with Gasteiger partial charge in [-0.3, -0.25) is 18.8 Å². The fourth-order valence-electron chi connectivity index (χ4n) is 3.02. The number of carbonyl (C=O) groups is 3. The minimum absolute atomic E-state index is 0.104. The standard InChI is InChI=1S/C16H16N4O7S3/c1-8-10(27-16(24)26-8)2-25-15(23)12-9(4-30-19-5-18-29-7-19)3-28-14-11(17-6-21)13(22)20(12)14/h5-6,11,14H,2-4,7H2,1H3,(H,17,21)/t11?,14-/m0/s1. The number of β-lactam (4-membered cyclic amide) rings is 1. The van der Waals surface area contributed by atoms with Crippen molar-refractivity contribution in [3.05, 3.63) is 33.4 Å². The van der Waals surface area contributed by atoms with Gasteiger partial charge in [0.05, 0.1) is 5.88 Å². The third-order valence-electron chi connectivity index (χ3n) is 4.50. The lowest BCUT2D eigenvalue weighted by Gasteiger charge is -2.49. The fraction of sp³-hybridized carbons (Fsp3) is 0.438. The predicted molar refractivity (Wildman–Crippen MR) is 110 cm³/mol. The van der Waals surface area contributed by atoms with Gasteiger partial charge in [0.2, 0.25) is 6.41 Å². The zero-order chi connectivity index (χ0) is 21.3. The summed E-state index contributed by atoms with van der Waals surface area (Å²) >= 11 is 4.35. The van der Waals surface area contributed by atoms with Gasteiger partial charge in [-0.2, -0.15) is 0 Å². The van der Waals surface area contributed by atoms with Gasteiger partial charge in [-0.05, 0) is 36.4 Å². The molecule has 1 unspecified atom stereocenters. The Hall–Kier alpha value is -2.32. The first kappa shape index (κ1) is 20.9. The number of hydrogen-bond acceptors (Lipinski definition) is 12. The Morgan fingerprint density at radius 2 is 2.30 bits per heavy atom. The number of nitrogens with zero attached hydrogens (tertiary/aromatic N) is 3. The molecule has 14 heteroatoms. The Morgan fingerprint density at radius 1 is 1.47 bits per heavy atom. The van der Waals surface area contributed by atoms with E-state index >= 15 is 0 Å². The second kappa shape index (κ2) is 8.81. The Kier molecular flexibility index (Phi) is 6.15. The van der Waals surface area contributed by atoms with Crippen LogP contribution in [0.5, 0.6) is 0 Å². The number of ether oxygens (including phenoxy) is 1. The van der Waals surface area contributed by atoms with Gasteiger partial charge in [0.1, 0.15) is 23.5 Å². The van der Waals surface area contributed by atoms with Gasteiger partial charge >= 0.3 is 11.8 Å². The molecule has 0 saturated carbocycles. The number of rotatable bonds is 8. The van der Waals surface area contributed by atoms with Crippen LogP contribution in [0.3, 0.4) is 0 Å². The molecule has 30 heavy (non-hydrogen) atoms. The van der Waals surface area contributed by atoms with Gasteiger partial charge in [-0.15, -0.1) is 11.8 Å². The van der Waals surface area contributed by atoms with Crippen LogP contribution in [0, 0.1) is 6.92 Å². The molecule has 0 spiro atoms.